The van der Waals surface area contributed by atoms with Crippen LogP contribution in [0.3, 0.4) is 0 Å². The minimum absolute atomic E-state index is 0.0213. The molecular weight excluding hydrogens is 314 g/mol. The lowest BCUT2D eigenvalue weighted by atomic mass is 10.0. The van der Waals surface area contributed by atoms with Gasteiger partial charge in [-0.1, -0.05) is 35.3 Å². The van der Waals surface area contributed by atoms with E-state index in [4.69, 9.17) is 11.6 Å². The van der Waals surface area contributed by atoms with Crippen LogP contribution in [0.2, 0.25) is 0 Å². The van der Waals surface area contributed by atoms with Crippen molar-refractivity contribution >= 4 is 33.4 Å². The topological polar surface area (TPSA) is 29.1 Å². The number of halogens is 2. The van der Waals surface area contributed by atoms with Crippen molar-refractivity contribution in [1.29, 1.82) is 0 Å². The molecule has 0 saturated carbocycles. The van der Waals surface area contributed by atoms with Gasteiger partial charge in [-0.3, -0.25) is 4.79 Å². The van der Waals surface area contributed by atoms with Crippen LogP contribution < -0.4 is 5.32 Å². The van der Waals surface area contributed by atoms with Crippen LogP contribution in [-0.2, 0) is 0 Å². The molecule has 1 aromatic carbocycles. The highest BCUT2D eigenvalue weighted by Gasteiger charge is 2.10. The van der Waals surface area contributed by atoms with Gasteiger partial charge in [0.2, 0.25) is 0 Å². The van der Waals surface area contributed by atoms with Crippen LogP contribution in [0.15, 0.2) is 28.7 Å². The van der Waals surface area contributed by atoms with Crippen molar-refractivity contribution in [2.24, 2.45) is 5.92 Å². The normalized spacial score (nSPS) is 12.2. The molecule has 0 aromatic heterocycles. The molecule has 0 aliphatic carbocycles. The summed E-state index contributed by atoms with van der Waals surface area (Å²) in [4.78, 5) is 11.9. The summed E-state index contributed by atoms with van der Waals surface area (Å²) in [7, 11) is 0. The zero-order chi connectivity index (χ0) is 13.4. The van der Waals surface area contributed by atoms with E-state index in [1.807, 2.05) is 24.3 Å². The molecule has 18 heavy (non-hydrogen) atoms. The molecule has 0 radical (unpaired) electrons. The van der Waals surface area contributed by atoms with Crippen molar-refractivity contribution in [3.05, 3.63) is 34.3 Å². The molecule has 0 aliphatic rings. The van der Waals surface area contributed by atoms with Crippen LogP contribution in [0.1, 0.15) is 36.5 Å². The maximum atomic E-state index is 11.9. The fraction of sp³-hybridized carbons (Fsp3) is 0.500. The highest BCUT2D eigenvalue weighted by Crippen LogP contribution is 2.13. The smallest absolute Gasteiger partial charge is 0.251 e. The standard InChI is InChI=1S/C14H19BrClNO/c1-2-4-11(7-8-16)10-17-14(18)12-5-3-6-13(15)9-12/h3,5-6,9,11H,2,4,7-8,10H2,1H3,(H,17,18). The Balaban J connectivity index is 2.49. The van der Waals surface area contributed by atoms with Gasteiger partial charge in [0.25, 0.3) is 5.91 Å². The Kier molecular flexibility index (Phi) is 7.36. The van der Waals surface area contributed by atoms with E-state index in [-0.39, 0.29) is 5.91 Å². The molecule has 1 rings (SSSR count). The van der Waals surface area contributed by atoms with E-state index in [2.05, 4.69) is 28.2 Å². The summed E-state index contributed by atoms with van der Waals surface area (Å²) in [6.45, 7) is 2.85. The highest BCUT2D eigenvalue weighted by molar-refractivity contribution is 9.10. The Morgan fingerprint density at radius 3 is 2.83 bits per heavy atom. The van der Waals surface area contributed by atoms with Gasteiger partial charge in [0, 0.05) is 22.5 Å². The van der Waals surface area contributed by atoms with Gasteiger partial charge < -0.3 is 5.32 Å². The molecule has 1 amide bonds. The molecule has 100 valence electrons. The number of carbonyl (C=O) groups is 1. The van der Waals surface area contributed by atoms with Crippen molar-refractivity contribution in [3.63, 3.8) is 0 Å². The number of hydrogen-bond acceptors (Lipinski definition) is 1. The van der Waals surface area contributed by atoms with E-state index >= 15 is 0 Å². The third-order valence-corrected chi connectivity index (χ3v) is 3.56. The van der Waals surface area contributed by atoms with Crippen LogP contribution in [0.25, 0.3) is 0 Å². The molecule has 0 saturated heterocycles. The van der Waals surface area contributed by atoms with Gasteiger partial charge in [0.15, 0.2) is 0 Å². The number of hydrogen-bond donors (Lipinski definition) is 1. The maximum Gasteiger partial charge on any atom is 0.251 e. The molecule has 1 unspecified atom stereocenters. The maximum absolute atomic E-state index is 11.9. The van der Waals surface area contributed by atoms with E-state index in [9.17, 15) is 4.79 Å². The van der Waals surface area contributed by atoms with Crippen LogP contribution in [-0.4, -0.2) is 18.3 Å². The first-order valence-electron chi connectivity index (χ1n) is 6.27. The zero-order valence-corrected chi connectivity index (χ0v) is 12.9. The Hall–Kier alpha value is -0.540. The van der Waals surface area contributed by atoms with E-state index in [0.29, 0.717) is 23.9 Å². The van der Waals surface area contributed by atoms with Crippen LogP contribution in [0, 0.1) is 5.92 Å². The second kappa shape index (κ2) is 8.54. The first kappa shape index (κ1) is 15.5. The number of nitrogens with one attached hydrogen (secondary N) is 1. The quantitative estimate of drug-likeness (QED) is 0.744. The highest BCUT2D eigenvalue weighted by atomic mass is 79.9. The Morgan fingerprint density at radius 2 is 2.22 bits per heavy atom. The summed E-state index contributed by atoms with van der Waals surface area (Å²) < 4.78 is 0.918. The number of alkyl halides is 1. The predicted octanol–water partition coefficient (Wildman–Crippen LogP) is 4.22. The SMILES string of the molecule is CCCC(CCCl)CNC(=O)c1cccc(Br)c1. The zero-order valence-electron chi connectivity index (χ0n) is 10.6. The van der Waals surface area contributed by atoms with E-state index in [1.54, 1.807) is 0 Å². The summed E-state index contributed by atoms with van der Waals surface area (Å²) >= 11 is 9.13. The first-order valence-corrected chi connectivity index (χ1v) is 7.59. The Labute approximate surface area is 122 Å². The molecule has 0 aliphatic heterocycles. The van der Waals surface area contributed by atoms with E-state index in [0.717, 1.165) is 23.7 Å². The molecule has 4 heteroatoms. The summed E-state index contributed by atoms with van der Waals surface area (Å²) in [5.74, 6) is 1.10. The monoisotopic (exact) mass is 331 g/mol. The van der Waals surface area contributed by atoms with Gasteiger partial charge in [0.05, 0.1) is 0 Å². The molecule has 0 heterocycles. The van der Waals surface area contributed by atoms with Crippen LogP contribution >= 0.6 is 27.5 Å². The second-order valence-electron chi connectivity index (χ2n) is 4.35. The average molecular weight is 333 g/mol. The number of carbonyl (C=O) groups excluding carboxylic acids is 1. The average Bonchev–Trinajstić information content (AvgIpc) is 2.36. The van der Waals surface area contributed by atoms with Gasteiger partial charge in [-0.05, 0) is 37.0 Å². The van der Waals surface area contributed by atoms with E-state index in [1.165, 1.54) is 0 Å². The number of benzene rings is 1. The first-order chi connectivity index (χ1) is 8.67. The van der Waals surface area contributed by atoms with Crippen molar-refractivity contribution in [1.82, 2.24) is 5.32 Å². The summed E-state index contributed by atoms with van der Waals surface area (Å²) in [5, 5.41) is 2.98. The largest absolute Gasteiger partial charge is 0.352 e. The molecule has 0 fully saturated rings. The molecule has 1 N–H and O–H groups in total. The summed E-state index contributed by atoms with van der Waals surface area (Å²) in [5.41, 5.74) is 0.686. The molecule has 0 spiro atoms. The Morgan fingerprint density at radius 1 is 1.44 bits per heavy atom. The van der Waals surface area contributed by atoms with Crippen LogP contribution in [0.5, 0.6) is 0 Å². The lowest BCUT2D eigenvalue weighted by molar-refractivity contribution is 0.0946. The third kappa shape index (κ3) is 5.40. The number of amides is 1. The van der Waals surface area contributed by atoms with Gasteiger partial charge in [-0.25, -0.2) is 0 Å². The van der Waals surface area contributed by atoms with Gasteiger partial charge >= 0.3 is 0 Å². The lowest BCUT2D eigenvalue weighted by Crippen LogP contribution is -2.29. The summed E-state index contributed by atoms with van der Waals surface area (Å²) in [6, 6.07) is 7.41. The summed E-state index contributed by atoms with van der Waals surface area (Å²) in [6.07, 6.45) is 3.17. The molecule has 1 atom stereocenters. The lowest BCUT2D eigenvalue weighted by Gasteiger charge is -2.15. The molecule has 2 nitrogen and oxygen atoms in total. The van der Waals surface area contributed by atoms with Crippen molar-refractivity contribution in [2.45, 2.75) is 26.2 Å². The second-order valence-corrected chi connectivity index (χ2v) is 5.65. The fourth-order valence-corrected chi connectivity index (χ4v) is 2.59. The molecular formula is C14H19BrClNO. The van der Waals surface area contributed by atoms with Crippen molar-refractivity contribution in [3.8, 4) is 0 Å². The Bertz CT molecular complexity index is 378. The van der Waals surface area contributed by atoms with Gasteiger partial charge in [-0.2, -0.15) is 0 Å². The van der Waals surface area contributed by atoms with Crippen molar-refractivity contribution in [2.75, 3.05) is 12.4 Å². The van der Waals surface area contributed by atoms with Gasteiger partial charge in [-0.15, -0.1) is 11.6 Å². The predicted molar refractivity (Wildman–Crippen MR) is 80.2 cm³/mol. The third-order valence-electron chi connectivity index (χ3n) is 2.85. The van der Waals surface area contributed by atoms with Crippen molar-refractivity contribution < 1.29 is 4.79 Å². The van der Waals surface area contributed by atoms with Crippen LogP contribution in [0.4, 0.5) is 0 Å². The minimum Gasteiger partial charge on any atom is -0.352 e. The molecule has 1 aromatic rings. The number of rotatable bonds is 7. The van der Waals surface area contributed by atoms with Gasteiger partial charge in [0.1, 0.15) is 0 Å². The molecule has 0 bridgehead atoms. The minimum atomic E-state index is -0.0213. The fourth-order valence-electron chi connectivity index (χ4n) is 1.88. The van der Waals surface area contributed by atoms with E-state index < -0.39 is 0 Å².